The molecule has 33 heavy (non-hydrogen) atoms. The number of anilines is 1. The van der Waals surface area contributed by atoms with Crippen molar-refractivity contribution >= 4 is 21.4 Å². The molecule has 0 aliphatic carbocycles. The molecule has 1 saturated heterocycles. The molecule has 1 aliphatic rings. The second kappa shape index (κ2) is 8.89. The second-order valence-electron chi connectivity index (χ2n) is 8.14. The van der Waals surface area contributed by atoms with Gasteiger partial charge in [0, 0.05) is 67.3 Å². The molecule has 1 fully saturated rings. The van der Waals surface area contributed by atoms with E-state index >= 15 is 0 Å². The van der Waals surface area contributed by atoms with Crippen LogP contribution in [0.5, 0.6) is 0 Å². The van der Waals surface area contributed by atoms with Crippen LogP contribution in [0, 0.1) is 19.7 Å². The third kappa shape index (κ3) is 5.03. The van der Waals surface area contributed by atoms with E-state index in [9.17, 15) is 17.6 Å². The van der Waals surface area contributed by atoms with E-state index in [0.717, 1.165) is 23.3 Å². The van der Waals surface area contributed by atoms with E-state index in [-0.39, 0.29) is 17.6 Å². The van der Waals surface area contributed by atoms with Crippen molar-refractivity contribution in [1.82, 2.24) is 24.6 Å². The van der Waals surface area contributed by atoms with Gasteiger partial charge in [-0.25, -0.2) is 22.8 Å². The maximum atomic E-state index is 14.1. The highest BCUT2D eigenvalue weighted by Crippen LogP contribution is 2.32. The van der Waals surface area contributed by atoms with Crippen molar-refractivity contribution in [3.05, 3.63) is 53.9 Å². The summed E-state index contributed by atoms with van der Waals surface area (Å²) in [4.78, 5) is 24.5. The Hall–Kier alpha value is -3.34. The molecule has 11 heteroatoms. The van der Waals surface area contributed by atoms with Crippen LogP contribution in [0.15, 0.2) is 41.8 Å². The van der Waals surface area contributed by atoms with Gasteiger partial charge in [-0.15, -0.1) is 0 Å². The molecule has 0 unspecified atom stereocenters. The summed E-state index contributed by atoms with van der Waals surface area (Å²) >= 11 is 0. The normalized spacial score (nSPS) is 14.5. The van der Waals surface area contributed by atoms with Crippen molar-refractivity contribution in [3.63, 3.8) is 0 Å². The van der Waals surface area contributed by atoms with Crippen LogP contribution in [-0.4, -0.2) is 71.4 Å². The largest absolute Gasteiger partial charge is 0.367 e. The van der Waals surface area contributed by atoms with Crippen molar-refractivity contribution in [1.29, 1.82) is 0 Å². The molecule has 4 rings (SSSR count). The molecule has 1 aromatic carbocycles. The highest BCUT2D eigenvalue weighted by Gasteiger charge is 2.24. The SMILES string of the molecule is Cc1cc(C)n(CC(=O)N2CCN(c3ccc(F)cc3-c3cnc(S(C)(=O)=O)nc3)CC2)n1. The van der Waals surface area contributed by atoms with Gasteiger partial charge in [0.25, 0.3) is 0 Å². The van der Waals surface area contributed by atoms with E-state index in [4.69, 9.17) is 0 Å². The molecule has 174 valence electrons. The number of nitrogens with zero attached hydrogens (tertiary/aromatic N) is 6. The first-order valence-corrected chi connectivity index (χ1v) is 12.4. The van der Waals surface area contributed by atoms with Crippen molar-refractivity contribution in [3.8, 4) is 11.1 Å². The molecule has 1 amide bonds. The lowest BCUT2D eigenvalue weighted by molar-refractivity contribution is -0.132. The molecule has 9 nitrogen and oxygen atoms in total. The Morgan fingerprint density at radius 1 is 1.06 bits per heavy atom. The fourth-order valence-corrected chi connectivity index (χ4v) is 4.41. The summed E-state index contributed by atoms with van der Waals surface area (Å²) in [7, 11) is -3.53. The maximum Gasteiger partial charge on any atom is 0.246 e. The Morgan fingerprint density at radius 3 is 2.30 bits per heavy atom. The molecule has 0 N–H and O–H groups in total. The molecule has 0 saturated carbocycles. The van der Waals surface area contributed by atoms with E-state index < -0.39 is 15.7 Å². The number of amides is 1. The number of hydrogen-bond donors (Lipinski definition) is 0. The Bertz CT molecular complexity index is 1280. The summed E-state index contributed by atoms with van der Waals surface area (Å²) in [6, 6.07) is 6.38. The van der Waals surface area contributed by atoms with Gasteiger partial charge in [-0.2, -0.15) is 5.10 Å². The van der Waals surface area contributed by atoms with E-state index in [1.165, 1.54) is 24.5 Å². The monoisotopic (exact) mass is 472 g/mol. The van der Waals surface area contributed by atoms with E-state index in [2.05, 4.69) is 20.0 Å². The zero-order chi connectivity index (χ0) is 23.8. The number of aromatic nitrogens is 4. The smallest absolute Gasteiger partial charge is 0.246 e. The van der Waals surface area contributed by atoms with Crippen LogP contribution in [0.4, 0.5) is 10.1 Å². The molecule has 3 heterocycles. The predicted molar refractivity (Wildman–Crippen MR) is 121 cm³/mol. The number of sulfone groups is 1. The minimum atomic E-state index is -3.53. The van der Waals surface area contributed by atoms with Crippen molar-refractivity contribution in [2.75, 3.05) is 37.3 Å². The zero-order valence-electron chi connectivity index (χ0n) is 18.7. The average Bonchev–Trinajstić information content (AvgIpc) is 3.09. The lowest BCUT2D eigenvalue weighted by atomic mass is 10.0. The van der Waals surface area contributed by atoms with Gasteiger partial charge >= 0.3 is 0 Å². The van der Waals surface area contributed by atoms with Gasteiger partial charge in [0.1, 0.15) is 12.4 Å². The first-order valence-electron chi connectivity index (χ1n) is 10.5. The number of aryl methyl sites for hydroxylation is 2. The lowest BCUT2D eigenvalue weighted by Gasteiger charge is -2.37. The Morgan fingerprint density at radius 2 is 1.73 bits per heavy atom. The van der Waals surface area contributed by atoms with Gasteiger partial charge < -0.3 is 9.80 Å². The van der Waals surface area contributed by atoms with Crippen LogP contribution < -0.4 is 4.90 Å². The van der Waals surface area contributed by atoms with Gasteiger partial charge in [-0.1, -0.05) is 0 Å². The van der Waals surface area contributed by atoms with Crippen LogP contribution in [0.25, 0.3) is 11.1 Å². The Kier molecular flexibility index (Phi) is 6.15. The summed E-state index contributed by atoms with van der Waals surface area (Å²) in [5.74, 6) is -0.412. The lowest BCUT2D eigenvalue weighted by Crippen LogP contribution is -2.49. The number of benzene rings is 1. The van der Waals surface area contributed by atoms with Gasteiger partial charge in [-0.05, 0) is 38.1 Å². The van der Waals surface area contributed by atoms with Crippen LogP contribution in [-0.2, 0) is 21.2 Å². The number of rotatable bonds is 5. The second-order valence-corrected chi connectivity index (χ2v) is 10.1. The molecule has 0 atom stereocenters. The molecule has 0 spiro atoms. The summed E-state index contributed by atoms with van der Waals surface area (Å²) < 4.78 is 39.1. The minimum absolute atomic E-state index is 0.00458. The molecular weight excluding hydrogens is 447 g/mol. The number of halogens is 1. The summed E-state index contributed by atoms with van der Waals surface area (Å²) in [5.41, 5.74) is 3.68. The highest BCUT2D eigenvalue weighted by molar-refractivity contribution is 7.90. The quantitative estimate of drug-likeness (QED) is 0.522. The summed E-state index contributed by atoms with van der Waals surface area (Å²) in [6.07, 6.45) is 3.80. The fourth-order valence-electron chi connectivity index (χ4n) is 3.92. The first kappa shape index (κ1) is 22.8. The van der Waals surface area contributed by atoms with E-state index in [1.54, 1.807) is 15.6 Å². The number of carbonyl (C=O) groups is 1. The van der Waals surface area contributed by atoms with Gasteiger partial charge in [0.2, 0.25) is 20.9 Å². The average molecular weight is 473 g/mol. The number of carbonyl (C=O) groups excluding carboxylic acids is 1. The summed E-state index contributed by atoms with van der Waals surface area (Å²) in [5, 5.41) is 4.08. The van der Waals surface area contributed by atoms with Crippen molar-refractivity contribution in [2.24, 2.45) is 0 Å². The van der Waals surface area contributed by atoms with Crippen LogP contribution in [0.1, 0.15) is 11.4 Å². The third-order valence-electron chi connectivity index (χ3n) is 5.59. The molecule has 0 radical (unpaired) electrons. The van der Waals surface area contributed by atoms with Crippen LogP contribution >= 0.6 is 0 Å². The van der Waals surface area contributed by atoms with Crippen molar-refractivity contribution < 1.29 is 17.6 Å². The van der Waals surface area contributed by atoms with E-state index in [0.29, 0.717) is 37.3 Å². The Balaban J connectivity index is 1.49. The number of piperazine rings is 1. The van der Waals surface area contributed by atoms with Crippen molar-refractivity contribution in [2.45, 2.75) is 25.5 Å². The summed E-state index contributed by atoms with van der Waals surface area (Å²) in [6.45, 7) is 6.22. The molecule has 2 aromatic heterocycles. The third-order valence-corrected chi connectivity index (χ3v) is 6.46. The maximum absolute atomic E-state index is 14.1. The topological polar surface area (TPSA) is 101 Å². The minimum Gasteiger partial charge on any atom is -0.367 e. The van der Waals surface area contributed by atoms with Gasteiger partial charge in [-0.3, -0.25) is 9.48 Å². The molecular formula is C22H25FN6O3S. The Labute approximate surface area is 191 Å². The van der Waals surface area contributed by atoms with Crippen LogP contribution in [0.3, 0.4) is 0 Å². The zero-order valence-corrected chi connectivity index (χ0v) is 19.5. The first-order chi connectivity index (χ1) is 15.6. The van der Waals surface area contributed by atoms with E-state index in [1.807, 2.05) is 19.9 Å². The van der Waals surface area contributed by atoms with Crippen LogP contribution in [0.2, 0.25) is 0 Å². The standard InChI is InChI=1S/C22H25FN6O3S/c1-15-10-16(2)29(26-15)14-21(30)28-8-6-27(7-9-28)20-5-4-18(23)11-19(20)17-12-24-22(25-13-17)33(3,31)32/h4-5,10-13H,6-9,14H2,1-3H3. The highest BCUT2D eigenvalue weighted by atomic mass is 32.2. The van der Waals surface area contributed by atoms with Gasteiger partial charge in [0.05, 0.1) is 5.69 Å². The molecule has 1 aliphatic heterocycles. The fraction of sp³-hybridized carbons (Fsp3) is 0.364. The predicted octanol–water partition coefficient (Wildman–Crippen LogP) is 1.85. The van der Waals surface area contributed by atoms with Gasteiger partial charge in [0.15, 0.2) is 0 Å². The molecule has 0 bridgehead atoms. The molecule has 3 aromatic rings. The number of hydrogen-bond acceptors (Lipinski definition) is 7.